The maximum atomic E-state index is 7.64. The molecule has 3 nitrogen and oxygen atoms in total. The van der Waals surface area contributed by atoms with E-state index in [0.717, 1.165) is 17.9 Å². The topological polar surface area (TPSA) is 12.6 Å². The standard InChI is InChI=1S/C31H28N3/c1-18-13-25-24-10-9-23(32-3)17-26(24)34-27-16-21(14-20-7-5-6-8-20)15-22-11-12-33(4)31(29(22)27)28(19(18)2)30(25)34/h9-13,15-17,20H,5-8,14H2,1-2,4H3/q+1. The van der Waals surface area contributed by atoms with Crippen molar-refractivity contribution < 1.29 is 4.57 Å². The first-order chi connectivity index (χ1) is 16.5. The Morgan fingerprint density at radius 2 is 1.79 bits per heavy atom. The molecule has 34 heavy (non-hydrogen) atoms. The molecule has 0 N–H and O–H groups in total. The van der Waals surface area contributed by atoms with Crippen LogP contribution < -0.4 is 4.57 Å². The van der Waals surface area contributed by atoms with Gasteiger partial charge in [-0.3, -0.25) is 0 Å². The molecule has 0 spiro atoms. The van der Waals surface area contributed by atoms with Gasteiger partial charge in [-0.2, -0.15) is 0 Å². The van der Waals surface area contributed by atoms with E-state index in [-0.39, 0.29) is 0 Å². The quantitative estimate of drug-likeness (QED) is 0.113. The minimum absolute atomic E-state index is 0.698. The van der Waals surface area contributed by atoms with Gasteiger partial charge in [-0.05, 0) is 66.5 Å². The fraction of sp³-hybridized carbons (Fsp3) is 0.290. The van der Waals surface area contributed by atoms with Crippen molar-refractivity contribution in [2.45, 2.75) is 46.0 Å². The van der Waals surface area contributed by atoms with Crippen molar-refractivity contribution in [1.82, 2.24) is 4.40 Å². The van der Waals surface area contributed by atoms with Gasteiger partial charge in [0.2, 0.25) is 5.52 Å². The number of rotatable bonds is 2. The molecule has 0 bridgehead atoms. The zero-order valence-electron chi connectivity index (χ0n) is 20.1. The van der Waals surface area contributed by atoms with Crippen LogP contribution in [0.4, 0.5) is 5.69 Å². The van der Waals surface area contributed by atoms with E-state index in [1.165, 1.54) is 85.9 Å². The largest absolute Gasteiger partial charge is 0.309 e. The average Bonchev–Trinajstić information content (AvgIpc) is 3.46. The number of aryl methyl sites for hydroxylation is 3. The first-order valence-electron chi connectivity index (χ1n) is 12.5. The molecule has 1 aliphatic rings. The van der Waals surface area contributed by atoms with E-state index in [1.54, 1.807) is 0 Å². The van der Waals surface area contributed by atoms with Gasteiger partial charge >= 0.3 is 0 Å². The van der Waals surface area contributed by atoms with Crippen molar-refractivity contribution in [3.63, 3.8) is 0 Å². The highest BCUT2D eigenvalue weighted by molar-refractivity contribution is 6.26. The molecule has 3 aromatic heterocycles. The van der Waals surface area contributed by atoms with Crippen molar-refractivity contribution in [2.24, 2.45) is 13.0 Å². The van der Waals surface area contributed by atoms with E-state index < -0.39 is 0 Å². The number of pyridine rings is 2. The molecule has 1 fully saturated rings. The van der Waals surface area contributed by atoms with Crippen LogP contribution in [0.1, 0.15) is 42.4 Å². The van der Waals surface area contributed by atoms with Crippen LogP contribution in [0.5, 0.6) is 0 Å². The van der Waals surface area contributed by atoms with Crippen LogP contribution in [-0.2, 0) is 13.5 Å². The van der Waals surface area contributed by atoms with Gasteiger partial charge in [-0.25, -0.2) is 9.41 Å². The van der Waals surface area contributed by atoms with Crippen LogP contribution in [0, 0.1) is 26.3 Å². The molecule has 0 radical (unpaired) electrons. The summed E-state index contributed by atoms with van der Waals surface area (Å²) in [6.07, 6.45) is 8.85. The van der Waals surface area contributed by atoms with E-state index in [1.807, 2.05) is 6.07 Å². The molecule has 6 aromatic rings. The maximum absolute atomic E-state index is 7.64. The van der Waals surface area contributed by atoms with Crippen molar-refractivity contribution in [1.29, 1.82) is 0 Å². The van der Waals surface area contributed by atoms with E-state index in [9.17, 15) is 0 Å². The number of hydrogen-bond acceptors (Lipinski definition) is 0. The van der Waals surface area contributed by atoms with Crippen LogP contribution in [0.3, 0.4) is 0 Å². The first kappa shape index (κ1) is 19.8. The number of hydrogen-bond donors (Lipinski definition) is 0. The Morgan fingerprint density at radius 3 is 2.59 bits per heavy atom. The Morgan fingerprint density at radius 1 is 0.971 bits per heavy atom. The molecule has 7 rings (SSSR count). The summed E-state index contributed by atoms with van der Waals surface area (Å²) in [4.78, 5) is 3.77. The SMILES string of the molecule is [C-]#[N+]c1ccc2c3cc(C)c(C)c4c3n(c2c1)c1cc(CC2CCCC2)cc2cc[n+](C)c4c21. The lowest BCUT2D eigenvalue weighted by Crippen LogP contribution is -2.29. The molecule has 3 aromatic carbocycles. The van der Waals surface area contributed by atoms with Crippen LogP contribution in [0.25, 0.3) is 53.8 Å². The lowest BCUT2D eigenvalue weighted by atomic mass is 9.93. The van der Waals surface area contributed by atoms with Gasteiger partial charge in [-0.15, -0.1) is 0 Å². The Kier molecular flexibility index (Phi) is 4.04. The van der Waals surface area contributed by atoms with E-state index in [2.05, 4.69) is 77.3 Å². The zero-order chi connectivity index (χ0) is 23.1. The third kappa shape index (κ3) is 2.54. The number of nitrogens with zero attached hydrogens (tertiary/aromatic N) is 3. The van der Waals surface area contributed by atoms with Gasteiger partial charge in [0, 0.05) is 22.4 Å². The lowest BCUT2D eigenvalue weighted by Gasteiger charge is -2.16. The van der Waals surface area contributed by atoms with Crippen LogP contribution in [0.2, 0.25) is 0 Å². The van der Waals surface area contributed by atoms with Gasteiger partial charge in [0.1, 0.15) is 7.05 Å². The number of fused-ring (bicyclic) bond motifs is 5. The molecule has 166 valence electrons. The van der Waals surface area contributed by atoms with Crippen molar-refractivity contribution in [3.05, 3.63) is 76.8 Å². The number of aromatic nitrogens is 2. The smallest absolute Gasteiger partial charge is 0.224 e. The highest BCUT2D eigenvalue weighted by atomic mass is 15.0. The third-order valence-electron chi connectivity index (χ3n) is 8.44. The number of benzene rings is 3. The Labute approximate surface area is 199 Å². The molecule has 0 amide bonds. The maximum Gasteiger partial charge on any atom is 0.224 e. The van der Waals surface area contributed by atoms with Gasteiger partial charge < -0.3 is 4.40 Å². The van der Waals surface area contributed by atoms with Gasteiger partial charge in [-0.1, -0.05) is 43.9 Å². The predicted molar refractivity (Wildman–Crippen MR) is 141 cm³/mol. The van der Waals surface area contributed by atoms with Gasteiger partial charge in [0.25, 0.3) is 0 Å². The second-order valence-electron chi connectivity index (χ2n) is 10.4. The molecular formula is C31H28N3+. The molecule has 3 heterocycles. The molecular weight excluding hydrogens is 414 g/mol. The summed E-state index contributed by atoms with van der Waals surface area (Å²) in [5.74, 6) is 0.805. The fourth-order valence-corrected chi connectivity index (χ4v) is 6.69. The summed E-state index contributed by atoms with van der Waals surface area (Å²) >= 11 is 0. The highest BCUT2D eigenvalue weighted by Crippen LogP contribution is 2.43. The van der Waals surface area contributed by atoms with Crippen LogP contribution in [0.15, 0.2) is 48.7 Å². The Hall–Kier alpha value is -3.64. The predicted octanol–water partition coefficient (Wildman–Crippen LogP) is 7.71. The molecule has 3 heteroatoms. The van der Waals surface area contributed by atoms with E-state index in [4.69, 9.17) is 6.57 Å². The summed E-state index contributed by atoms with van der Waals surface area (Å²) in [7, 11) is 2.17. The Bertz CT molecular complexity index is 1820. The van der Waals surface area contributed by atoms with Crippen molar-refractivity contribution >= 4 is 54.7 Å². The first-order valence-corrected chi connectivity index (χ1v) is 12.5. The summed E-state index contributed by atoms with van der Waals surface area (Å²) in [5, 5.41) is 6.50. The van der Waals surface area contributed by atoms with E-state index in [0.29, 0.717) is 5.69 Å². The molecule has 0 unspecified atom stereocenters. The van der Waals surface area contributed by atoms with Gasteiger partial charge in [0.05, 0.1) is 28.4 Å². The highest BCUT2D eigenvalue weighted by Gasteiger charge is 2.25. The zero-order valence-corrected chi connectivity index (χ0v) is 20.1. The van der Waals surface area contributed by atoms with Gasteiger partial charge in [0.15, 0.2) is 11.9 Å². The van der Waals surface area contributed by atoms with Crippen molar-refractivity contribution in [3.8, 4) is 0 Å². The summed E-state index contributed by atoms with van der Waals surface area (Å²) in [6.45, 7) is 12.1. The molecule has 0 aliphatic heterocycles. The van der Waals surface area contributed by atoms with Crippen LogP contribution in [-0.4, -0.2) is 4.40 Å². The molecule has 1 aliphatic carbocycles. The summed E-state index contributed by atoms with van der Waals surface area (Å²) in [6, 6.07) is 15.7. The van der Waals surface area contributed by atoms with Crippen LogP contribution >= 0.6 is 0 Å². The second-order valence-corrected chi connectivity index (χ2v) is 10.4. The average molecular weight is 443 g/mol. The monoisotopic (exact) mass is 442 g/mol. The van der Waals surface area contributed by atoms with Crippen molar-refractivity contribution in [2.75, 3.05) is 0 Å². The minimum atomic E-state index is 0.698. The summed E-state index contributed by atoms with van der Waals surface area (Å²) < 4.78 is 4.77. The fourth-order valence-electron chi connectivity index (χ4n) is 6.69. The lowest BCUT2D eigenvalue weighted by molar-refractivity contribution is -0.643. The summed E-state index contributed by atoms with van der Waals surface area (Å²) in [5.41, 5.74) is 9.81. The Balaban J connectivity index is 1.75. The minimum Gasteiger partial charge on any atom is -0.309 e. The molecule has 1 saturated carbocycles. The molecule has 0 saturated heterocycles. The normalized spacial score (nSPS) is 15.0. The molecule has 0 atom stereocenters. The van der Waals surface area contributed by atoms with E-state index >= 15 is 0 Å². The third-order valence-corrected chi connectivity index (χ3v) is 8.44. The second kappa shape index (κ2) is 6.93.